The third kappa shape index (κ3) is 4.96. The fourth-order valence-corrected chi connectivity index (χ4v) is 2.65. The molecule has 0 unspecified atom stereocenters. The summed E-state index contributed by atoms with van der Waals surface area (Å²) in [6.07, 6.45) is 1.21. The van der Waals surface area contributed by atoms with Crippen molar-refractivity contribution in [2.24, 2.45) is 0 Å². The fraction of sp³-hybridized carbons (Fsp3) is 0.529. The number of nitrogens with one attached hydrogen (secondary N) is 2. The summed E-state index contributed by atoms with van der Waals surface area (Å²) in [6, 6.07) is 8.12. The molecule has 0 aromatic heterocycles. The van der Waals surface area contributed by atoms with Gasteiger partial charge in [0.1, 0.15) is 0 Å². The van der Waals surface area contributed by atoms with Crippen LogP contribution in [0.1, 0.15) is 17.5 Å². The Bertz CT molecular complexity index is 547. The van der Waals surface area contributed by atoms with Gasteiger partial charge in [0.05, 0.1) is 0 Å². The average Bonchev–Trinajstić information content (AvgIpc) is 2.58. The van der Waals surface area contributed by atoms with Gasteiger partial charge in [0.2, 0.25) is 5.91 Å². The first-order valence-electron chi connectivity index (χ1n) is 8.10. The second-order valence-corrected chi connectivity index (χ2v) is 5.84. The topological polar surface area (TPSA) is 64.7 Å². The minimum atomic E-state index is -0.0924. The van der Waals surface area contributed by atoms with Crippen LogP contribution in [0.25, 0.3) is 0 Å². The molecule has 23 heavy (non-hydrogen) atoms. The SMILES string of the molecule is CNCCN(C)C(=O)CCNC(=O)N1CCc2ccccc2C1. The zero-order chi connectivity index (χ0) is 16.7. The van der Waals surface area contributed by atoms with Gasteiger partial charge in [-0.2, -0.15) is 0 Å². The van der Waals surface area contributed by atoms with Gasteiger partial charge in [-0.25, -0.2) is 4.79 Å². The average molecular weight is 318 g/mol. The molecule has 1 aromatic carbocycles. The first-order valence-corrected chi connectivity index (χ1v) is 8.10. The van der Waals surface area contributed by atoms with E-state index in [1.54, 1.807) is 16.8 Å². The summed E-state index contributed by atoms with van der Waals surface area (Å²) >= 11 is 0. The summed E-state index contributed by atoms with van der Waals surface area (Å²) in [4.78, 5) is 27.6. The summed E-state index contributed by atoms with van der Waals surface area (Å²) in [5, 5.41) is 5.86. The molecule has 0 fully saturated rings. The van der Waals surface area contributed by atoms with E-state index in [-0.39, 0.29) is 11.9 Å². The third-order valence-electron chi connectivity index (χ3n) is 4.16. The van der Waals surface area contributed by atoms with Gasteiger partial charge < -0.3 is 20.4 Å². The molecule has 1 aliphatic rings. The molecular formula is C17H26N4O2. The van der Waals surface area contributed by atoms with Crippen LogP contribution in [0.5, 0.6) is 0 Å². The lowest BCUT2D eigenvalue weighted by atomic mass is 10.0. The molecule has 0 bridgehead atoms. The second-order valence-electron chi connectivity index (χ2n) is 5.84. The molecule has 1 aliphatic heterocycles. The molecule has 6 heteroatoms. The molecule has 6 nitrogen and oxygen atoms in total. The molecule has 0 saturated heterocycles. The Morgan fingerprint density at radius 2 is 1.96 bits per heavy atom. The van der Waals surface area contributed by atoms with Crippen LogP contribution in [-0.4, -0.2) is 62.0 Å². The lowest BCUT2D eigenvalue weighted by molar-refractivity contribution is -0.129. The maximum absolute atomic E-state index is 12.2. The predicted molar refractivity (Wildman–Crippen MR) is 90.1 cm³/mol. The first kappa shape index (κ1) is 17.3. The Morgan fingerprint density at radius 3 is 2.70 bits per heavy atom. The van der Waals surface area contributed by atoms with Crippen molar-refractivity contribution < 1.29 is 9.59 Å². The minimum Gasteiger partial charge on any atom is -0.344 e. The van der Waals surface area contributed by atoms with Crippen LogP contribution in [0.2, 0.25) is 0 Å². The minimum absolute atomic E-state index is 0.0459. The monoisotopic (exact) mass is 318 g/mol. The number of benzene rings is 1. The number of carbonyl (C=O) groups is 2. The fourth-order valence-electron chi connectivity index (χ4n) is 2.65. The molecule has 0 radical (unpaired) electrons. The van der Waals surface area contributed by atoms with Crippen molar-refractivity contribution in [1.82, 2.24) is 20.4 Å². The van der Waals surface area contributed by atoms with Crippen LogP contribution in [0.15, 0.2) is 24.3 Å². The lowest BCUT2D eigenvalue weighted by Crippen LogP contribution is -2.44. The molecule has 0 spiro atoms. The number of likely N-dealkylation sites (N-methyl/N-ethyl adjacent to an activating group) is 2. The van der Waals surface area contributed by atoms with Crippen molar-refractivity contribution in [1.29, 1.82) is 0 Å². The number of fused-ring (bicyclic) bond motifs is 1. The molecule has 0 aliphatic carbocycles. The van der Waals surface area contributed by atoms with Gasteiger partial charge in [0.25, 0.3) is 0 Å². The van der Waals surface area contributed by atoms with Crippen LogP contribution < -0.4 is 10.6 Å². The molecule has 0 saturated carbocycles. The number of amides is 3. The van der Waals surface area contributed by atoms with E-state index < -0.39 is 0 Å². The molecule has 126 valence electrons. The van der Waals surface area contributed by atoms with Gasteiger partial charge in [-0.05, 0) is 24.6 Å². The highest BCUT2D eigenvalue weighted by molar-refractivity contribution is 5.78. The quantitative estimate of drug-likeness (QED) is 0.816. The Balaban J connectivity index is 1.73. The highest BCUT2D eigenvalue weighted by atomic mass is 16.2. The molecule has 1 heterocycles. The van der Waals surface area contributed by atoms with E-state index in [0.29, 0.717) is 26.1 Å². The second kappa shape index (κ2) is 8.53. The first-order chi connectivity index (χ1) is 11.1. The normalized spacial score (nSPS) is 13.4. The maximum atomic E-state index is 12.2. The molecule has 1 aromatic rings. The molecular weight excluding hydrogens is 292 g/mol. The van der Waals surface area contributed by atoms with E-state index >= 15 is 0 Å². The summed E-state index contributed by atoms with van der Waals surface area (Å²) in [7, 11) is 3.64. The van der Waals surface area contributed by atoms with Crippen LogP contribution in [0.4, 0.5) is 4.79 Å². The third-order valence-corrected chi connectivity index (χ3v) is 4.16. The van der Waals surface area contributed by atoms with Gasteiger partial charge in [-0.3, -0.25) is 4.79 Å². The van der Waals surface area contributed by atoms with E-state index in [1.165, 1.54) is 11.1 Å². The smallest absolute Gasteiger partial charge is 0.317 e. The highest BCUT2D eigenvalue weighted by Crippen LogP contribution is 2.18. The number of nitrogens with zero attached hydrogens (tertiary/aromatic N) is 2. The molecule has 0 atom stereocenters. The number of hydrogen-bond donors (Lipinski definition) is 2. The van der Waals surface area contributed by atoms with Crippen molar-refractivity contribution >= 4 is 11.9 Å². The summed E-state index contributed by atoms with van der Waals surface area (Å²) in [5.74, 6) is 0.0459. The molecule has 3 amide bonds. The van der Waals surface area contributed by atoms with E-state index in [0.717, 1.165) is 19.5 Å². The number of urea groups is 1. The van der Waals surface area contributed by atoms with Crippen molar-refractivity contribution in [3.05, 3.63) is 35.4 Å². The maximum Gasteiger partial charge on any atom is 0.317 e. The highest BCUT2D eigenvalue weighted by Gasteiger charge is 2.20. The Labute approximate surface area is 137 Å². The van der Waals surface area contributed by atoms with Gasteiger partial charge in [-0.15, -0.1) is 0 Å². The lowest BCUT2D eigenvalue weighted by Gasteiger charge is -2.29. The van der Waals surface area contributed by atoms with Crippen molar-refractivity contribution in [3.8, 4) is 0 Å². The van der Waals surface area contributed by atoms with Crippen LogP contribution in [-0.2, 0) is 17.8 Å². The van der Waals surface area contributed by atoms with E-state index in [9.17, 15) is 9.59 Å². The van der Waals surface area contributed by atoms with Crippen LogP contribution in [0.3, 0.4) is 0 Å². The van der Waals surface area contributed by atoms with Crippen LogP contribution in [0, 0.1) is 0 Å². The van der Waals surface area contributed by atoms with Crippen molar-refractivity contribution in [3.63, 3.8) is 0 Å². The standard InChI is InChI=1S/C17H26N4O2/c1-18-10-12-20(2)16(22)7-9-19-17(23)21-11-8-14-5-3-4-6-15(14)13-21/h3-6,18H,7-13H2,1-2H3,(H,19,23). The zero-order valence-corrected chi connectivity index (χ0v) is 14.0. The number of rotatable bonds is 6. The Kier molecular flexibility index (Phi) is 6.40. The van der Waals surface area contributed by atoms with Crippen molar-refractivity contribution in [2.45, 2.75) is 19.4 Å². The van der Waals surface area contributed by atoms with Crippen molar-refractivity contribution in [2.75, 3.05) is 40.3 Å². The summed E-state index contributed by atoms with van der Waals surface area (Å²) < 4.78 is 0. The summed E-state index contributed by atoms with van der Waals surface area (Å²) in [6.45, 7) is 3.17. The van der Waals surface area contributed by atoms with Gasteiger partial charge in [-0.1, -0.05) is 24.3 Å². The van der Waals surface area contributed by atoms with Gasteiger partial charge in [0, 0.05) is 46.2 Å². The van der Waals surface area contributed by atoms with E-state index in [1.807, 2.05) is 19.2 Å². The number of hydrogen-bond acceptors (Lipinski definition) is 3. The van der Waals surface area contributed by atoms with Gasteiger partial charge >= 0.3 is 6.03 Å². The zero-order valence-electron chi connectivity index (χ0n) is 14.0. The van der Waals surface area contributed by atoms with Crippen LogP contribution >= 0.6 is 0 Å². The van der Waals surface area contributed by atoms with Gasteiger partial charge in [0.15, 0.2) is 0 Å². The van der Waals surface area contributed by atoms with E-state index in [4.69, 9.17) is 0 Å². The Hall–Kier alpha value is -2.08. The molecule has 2 rings (SSSR count). The Morgan fingerprint density at radius 1 is 1.22 bits per heavy atom. The largest absolute Gasteiger partial charge is 0.344 e. The summed E-state index contributed by atoms with van der Waals surface area (Å²) in [5.41, 5.74) is 2.52. The predicted octanol–water partition coefficient (Wildman–Crippen LogP) is 0.822. The van der Waals surface area contributed by atoms with E-state index in [2.05, 4.69) is 22.8 Å². The number of carbonyl (C=O) groups excluding carboxylic acids is 2. The molecule has 2 N–H and O–H groups in total.